The summed E-state index contributed by atoms with van der Waals surface area (Å²) in [5.74, 6) is 0.194. The zero-order valence-electron chi connectivity index (χ0n) is 16.6. The molecule has 0 saturated carbocycles. The molecule has 0 aromatic heterocycles. The minimum Gasteiger partial charge on any atom is -0.489 e. The van der Waals surface area contributed by atoms with Crippen LogP contribution in [0, 0.1) is 17.0 Å². The summed E-state index contributed by atoms with van der Waals surface area (Å²) in [6, 6.07) is 21.1. The van der Waals surface area contributed by atoms with Gasteiger partial charge in [0, 0.05) is 17.7 Å². The number of cyclic esters (lactones) is 1. The van der Waals surface area contributed by atoms with Gasteiger partial charge in [-0.05, 0) is 48.4 Å². The van der Waals surface area contributed by atoms with Gasteiger partial charge < -0.3 is 9.47 Å². The molecule has 1 aliphatic heterocycles. The molecule has 31 heavy (non-hydrogen) atoms. The number of esters is 1. The molecule has 0 bridgehead atoms. The summed E-state index contributed by atoms with van der Waals surface area (Å²) in [7, 11) is 0. The Morgan fingerprint density at radius 2 is 1.84 bits per heavy atom. The van der Waals surface area contributed by atoms with Crippen LogP contribution in [-0.4, -0.2) is 16.8 Å². The third-order valence-electron chi connectivity index (χ3n) is 4.60. The molecule has 7 nitrogen and oxygen atoms in total. The largest absolute Gasteiger partial charge is 0.489 e. The maximum Gasteiger partial charge on any atom is 0.363 e. The second-order valence-electron chi connectivity index (χ2n) is 6.99. The Kier molecular flexibility index (Phi) is 5.57. The van der Waals surface area contributed by atoms with E-state index in [0.29, 0.717) is 17.9 Å². The van der Waals surface area contributed by atoms with Crippen LogP contribution in [0.15, 0.2) is 83.5 Å². The summed E-state index contributed by atoms with van der Waals surface area (Å²) in [6.07, 6.45) is 1.61. The number of rotatable bonds is 6. The fraction of sp³-hybridized carbons (Fsp3) is 0.0833. The number of hydrogen-bond donors (Lipinski definition) is 0. The van der Waals surface area contributed by atoms with Crippen LogP contribution in [0.3, 0.4) is 0 Å². The lowest BCUT2D eigenvalue weighted by Gasteiger charge is -2.07. The molecule has 154 valence electrons. The van der Waals surface area contributed by atoms with Crippen molar-refractivity contribution in [2.24, 2.45) is 4.99 Å². The van der Waals surface area contributed by atoms with Crippen molar-refractivity contribution >= 4 is 23.6 Å². The van der Waals surface area contributed by atoms with Crippen LogP contribution in [0.5, 0.6) is 5.75 Å². The highest BCUT2D eigenvalue weighted by molar-refractivity contribution is 6.12. The first-order valence-corrected chi connectivity index (χ1v) is 9.54. The molecule has 1 aliphatic rings. The van der Waals surface area contributed by atoms with Gasteiger partial charge in [-0.2, -0.15) is 0 Å². The number of nitro benzene ring substituents is 1. The van der Waals surface area contributed by atoms with Crippen LogP contribution in [0.1, 0.15) is 22.3 Å². The van der Waals surface area contributed by atoms with Crippen molar-refractivity contribution in [3.05, 3.63) is 111 Å². The Bertz CT molecular complexity index is 1210. The van der Waals surface area contributed by atoms with Gasteiger partial charge in [0.2, 0.25) is 5.90 Å². The summed E-state index contributed by atoms with van der Waals surface area (Å²) in [5.41, 5.74) is 3.55. The van der Waals surface area contributed by atoms with E-state index in [9.17, 15) is 14.9 Å². The van der Waals surface area contributed by atoms with Crippen LogP contribution in [0.2, 0.25) is 0 Å². The molecule has 0 aliphatic carbocycles. The number of hydrogen-bond acceptors (Lipinski definition) is 6. The van der Waals surface area contributed by atoms with E-state index in [1.807, 2.05) is 49.4 Å². The van der Waals surface area contributed by atoms with Crippen molar-refractivity contribution in [1.82, 2.24) is 0 Å². The van der Waals surface area contributed by atoms with Gasteiger partial charge in [-0.3, -0.25) is 10.1 Å². The van der Waals surface area contributed by atoms with Crippen LogP contribution in [0.25, 0.3) is 6.08 Å². The molecule has 0 unspecified atom stereocenters. The predicted molar refractivity (Wildman–Crippen MR) is 116 cm³/mol. The van der Waals surface area contributed by atoms with Gasteiger partial charge in [-0.1, -0.05) is 42.0 Å². The van der Waals surface area contributed by atoms with Gasteiger partial charge in [0.1, 0.15) is 12.4 Å². The summed E-state index contributed by atoms with van der Waals surface area (Å²) in [6.45, 7) is 2.47. The van der Waals surface area contributed by atoms with E-state index < -0.39 is 10.9 Å². The fourth-order valence-electron chi connectivity index (χ4n) is 3.08. The number of aliphatic imine (C=N–C) groups is 1. The molecule has 0 spiro atoms. The minimum absolute atomic E-state index is 0.0492. The van der Waals surface area contributed by atoms with Gasteiger partial charge in [0.05, 0.1) is 4.92 Å². The highest BCUT2D eigenvalue weighted by Gasteiger charge is 2.24. The van der Waals surface area contributed by atoms with Crippen LogP contribution < -0.4 is 4.74 Å². The molecule has 0 saturated heterocycles. The van der Waals surface area contributed by atoms with E-state index in [1.165, 1.54) is 29.8 Å². The van der Waals surface area contributed by atoms with E-state index in [4.69, 9.17) is 9.47 Å². The number of nitro groups is 1. The molecule has 3 aromatic carbocycles. The second-order valence-corrected chi connectivity index (χ2v) is 6.99. The zero-order chi connectivity index (χ0) is 21.8. The summed E-state index contributed by atoms with van der Waals surface area (Å²) >= 11 is 0. The normalized spacial score (nSPS) is 14.3. The number of benzene rings is 3. The number of carbonyl (C=O) groups is 1. The molecule has 0 N–H and O–H groups in total. The van der Waals surface area contributed by atoms with E-state index >= 15 is 0 Å². The van der Waals surface area contributed by atoms with E-state index in [0.717, 1.165) is 11.1 Å². The molecular weight excluding hydrogens is 396 g/mol. The first-order valence-electron chi connectivity index (χ1n) is 9.54. The van der Waals surface area contributed by atoms with Crippen LogP contribution >= 0.6 is 0 Å². The van der Waals surface area contributed by atoms with Gasteiger partial charge in [-0.15, -0.1) is 0 Å². The first-order chi connectivity index (χ1) is 15.0. The lowest BCUT2D eigenvalue weighted by molar-refractivity contribution is -0.384. The highest BCUT2D eigenvalue weighted by Crippen LogP contribution is 2.23. The first kappa shape index (κ1) is 20.0. The van der Waals surface area contributed by atoms with Crippen molar-refractivity contribution < 1.29 is 19.2 Å². The lowest BCUT2D eigenvalue weighted by Crippen LogP contribution is -2.05. The number of aryl methyl sites for hydroxylation is 1. The summed E-state index contributed by atoms with van der Waals surface area (Å²) < 4.78 is 11.1. The molecule has 1 heterocycles. The average molecular weight is 414 g/mol. The number of non-ortho nitro benzene ring substituents is 1. The third-order valence-corrected chi connectivity index (χ3v) is 4.60. The van der Waals surface area contributed by atoms with Gasteiger partial charge >= 0.3 is 5.97 Å². The van der Waals surface area contributed by atoms with Gasteiger partial charge in [0.25, 0.3) is 5.69 Å². The Balaban J connectivity index is 1.50. The molecule has 0 atom stereocenters. The zero-order valence-corrected chi connectivity index (χ0v) is 16.6. The standard InChI is InChI=1S/C24H18N2O5/c1-16-4-2-6-18(12-16)15-30-21-7-3-5-17(13-21)14-22-24(27)31-23(25-22)19-8-10-20(11-9-19)26(28)29/h2-14H,15H2,1H3/b22-14-. The third kappa shape index (κ3) is 4.84. The average Bonchev–Trinajstić information content (AvgIpc) is 3.13. The maximum absolute atomic E-state index is 12.2. The van der Waals surface area contributed by atoms with E-state index in [2.05, 4.69) is 11.1 Å². The lowest BCUT2D eigenvalue weighted by atomic mass is 10.1. The molecule has 7 heteroatoms. The Labute approximate surface area is 178 Å². The van der Waals surface area contributed by atoms with Crippen LogP contribution in [0.4, 0.5) is 5.69 Å². The minimum atomic E-state index is -0.584. The predicted octanol–water partition coefficient (Wildman–Crippen LogP) is 4.83. The van der Waals surface area contributed by atoms with Gasteiger partial charge in [0.15, 0.2) is 5.70 Å². The second kappa shape index (κ2) is 8.62. The molecular formula is C24H18N2O5. The molecule has 0 fully saturated rings. The van der Waals surface area contributed by atoms with Crippen molar-refractivity contribution in [3.63, 3.8) is 0 Å². The highest BCUT2D eigenvalue weighted by atomic mass is 16.6. The number of carbonyl (C=O) groups excluding carboxylic acids is 1. The maximum atomic E-state index is 12.2. The van der Waals surface area contributed by atoms with Crippen molar-refractivity contribution in [2.45, 2.75) is 13.5 Å². The summed E-state index contributed by atoms with van der Waals surface area (Å²) in [5, 5.41) is 10.8. The van der Waals surface area contributed by atoms with Crippen LogP contribution in [-0.2, 0) is 16.1 Å². The topological polar surface area (TPSA) is 91.0 Å². The number of ether oxygens (including phenoxy) is 2. The Hall–Kier alpha value is -4.26. The smallest absolute Gasteiger partial charge is 0.363 e. The number of nitrogens with zero attached hydrogens (tertiary/aromatic N) is 2. The molecule has 3 aromatic rings. The van der Waals surface area contributed by atoms with Crippen molar-refractivity contribution in [2.75, 3.05) is 0 Å². The SMILES string of the molecule is Cc1cccc(COc2cccc(/C=C3\N=C(c4ccc([N+](=O)[O-])cc4)OC3=O)c2)c1. The quantitative estimate of drug-likeness (QED) is 0.249. The molecule has 0 radical (unpaired) electrons. The molecule has 4 rings (SSSR count). The van der Waals surface area contributed by atoms with Crippen molar-refractivity contribution in [1.29, 1.82) is 0 Å². The summed E-state index contributed by atoms with van der Waals surface area (Å²) in [4.78, 5) is 26.7. The van der Waals surface area contributed by atoms with E-state index in [1.54, 1.807) is 6.08 Å². The van der Waals surface area contributed by atoms with Crippen molar-refractivity contribution in [3.8, 4) is 5.75 Å². The monoisotopic (exact) mass is 414 g/mol. The molecule has 0 amide bonds. The Morgan fingerprint density at radius 1 is 1.06 bits per heavy atom. The fourth-order valence-corrected chi connectivity index (χ4v) is 3.08. The van der Waals surface area contributed by atoms with E-state index in [-0.39, 0.29) is 17.3 Å². The Morgan fingerprint density at radius 3 is 2.58 bits per heavy atom. The van der Waals surface area contributed by atoms with Gasteiger partial charge in [-0.25, -0.2) is 9.79 Å².